The molecule has 31 rings (SSSR count). The number of hydrogen-bond donors (Lipinski definition) is 0. The van der Waals surface area contributed by atoms with Crippen molar-refractivity contribution in [3.05, 3.63) is 0 Å². The van der Waals surface area contributed by atoms with Gasteiger partial charge < -0.3 is 0 Å². The van der Waals surface area contributed by atoms with Crippen molar-refractivity contribution in [2.24, 2.45) is 178 Å². The molecule has 0 heteroatoms. The number of fused-ring (bicyclic) bond motifs is 48. The van der Waals surface area contributed by atoms with Crippen LogP contribution in [0.4, 0.5) is 0 Å². The van der Waals surface area contributed by atoms with Gasteiger partial charge >= 0.3 is 0 Å². The average molecular weight is 1610 g/mol. The average Bonchev–Trinajstić information content (AvgIpc) is 1.58. The molecule has 18 atom stereocenters. The fraction of sp³-hybridized carbons (Fsp3) is 1.00. The van der Waals surface area contributed by atoms with Gasteiger partial charge in [0.1, 0.15) is 0 Å². The first-order valence-corrected chi connectivity index (χ1v) is 57.9. The van der Waals surface area contributed by atoms with Gasteiger partial charge in [-0.05, 0) is 287 Å². The topological polar surface area (TPSA) is 0 Å². The standard InChI is InChI=1S/C12H22.2C11H20.C10H16.3C10H18.C9H14.2C9H16.C8H12.C8H14/c1-2-6-12-9-3-7-11(5-1)8-4-10-12;1-4-10-6-2-7-11(5-1)9-3-8-10;1-2-5-11-7-3-6-10(4-1)8-9-11;1-2-9-7-4-5-8(6-7)10(9)3-1;1-3-9-5-2-6-10(4-1)8-7-9;1-2-5-10-7-3-6-9(4-1)8-10;1-2-4-10-7-5-9(3-1)6-8-10;1-2-7-5-6(1)8-3-4-9(7)8;1-3-8-5-2-6-9(4-1)7-8;1-2-4-9-6-5-8(3-1)7-9;1-2-6-3-5(1)7-4-8(6)7;1-2-8-5-3-7(1)4-6-8/h11-12H,1-10H2;2*10-11H,1-9H2;7-10H,1-6H2;3*9-10H,1-8H2;6-9H,1-5H2;2*8-9H,1-7H2;5-8H,1-4H2;7-8H,1-6H2. The van der Waals surface area contributed by atoms with Gasteiger partial charge in [0.05, 0.1) is 0 Å². The molecule has 0 heterocycles. The lowest BCUT2D eigenvalue weighted by Crippen LogP contribution is -2.31. The van der Waals surface area contributed by atoms with Crippen LogP contribution in [0.15, 0.2) is 0 Å². The Morgan fingerprint density at radius 2 is 0.197 bits per heavy atom. The highest BCUT2D eigenvalue weighted by atomic mass is 14.6. The molecule has 672 valence electrons. The lowest BCUT2D eigenvalue weighted by atomic mass is 9.66. The lowest BCUT2D eigenvalue weighted by molar-refractivity contribution is 0.103. The van der Waals surface area contributed by atoms with Crippen molar-refractivity contribution in [3.8, 4) is 0 Å². The smallest absolute Gasteiger partial charge is 0.0352 e. The van der Waals surface area contributed by atoms with Gasteiger partial charge in [0.2, 0.25) is 0 Å². The summed E-state index contributed by atoms with van der Waals surface area (Å²) in [7, 11) is 0. The highest BCUT2D eigenvalue weighted by Gasteiger charge is 2.57. The van der Waals surface area contributed by atoms with Crippen molar-refractivity contribution in [3.63, 3.8) is 0 Å². The van der Waals surface area contributed by atoms with E-state index in [1.54, 1.807) is 424 Å². The molecule has 0 aromatic heterocycles. The van der Waals surface area contributed by atoms with E-state index in [-0.39, 0.29) is 0 Å². The number of hydrogen-bond acceptors (Lipinski definition) is 0. The van der Waals surface area contributed by atoms with Gasteiger partial charge in [0, 0.05) is 0 Å². The Morgan fingerprint density at radius 3 is 0.393 bits per heavy atom. The van der Waals surface area contributed by atoms with E-state index in [0.717, 1.165) is 107 Å². The van der Waals surface area contributed by atoms with E-state index in [9.17, 15) is 0 Å². The van der Waals surface area contributed by atoms with Crippen molar-refractivity contribution in [1.29, 1.82) is 0 Å². The minimum atomic E-state index is 1.11. The summed E-state index contributed by atoms with van der Waals surface area (Å²) in [5, 5.41) is 0. The molecule has 0 aliphatic heterocycles. The van der Waals surface area contributed by atoms with E-state index in [0.29, 0.717) is 0 Å². The van der Waals surface area contributed by atoms with Gasteiger partial charge in [-0.1, -0.05) is 449 Å². The Balaban J connectivity index is 0.0000000957. The molecule has 31 aliphatic rings. The Bertz CT molecular complexity index is 2360. The van der Waals surface area contributed by atoms with Crippen LogP contribution in [-0.2, 0) is 0 Å². The molecule has 0 saturated heterocycles. The summed E-state index contributed by atoms with van der Waals surface area (Å²) in [5.74, 6) is 35.0. The van der Waals surface area contributed by atoms with Gasteiger partial charge in [-0.2, -0.15) is 0 Å². The van der Waals surface area contributed by atoms with E-state index < -0.39 is 0 Å². The van der Waals surface area contributed by atoms with Crippen LogP contribution in [0.5, 0.6) is 0 Å². The first-order valence-electron chi connectivity index (χ1n) is 57.9. The summed E-state index contributed by atoms with van der Waals surface area (Å²) < 4.78 is 0. The van der Waals surface area contributed by atoms with Gasteiger partial charge in [-0.15, -0.1) is 0 Å². The zero-order valence-corrected chi connectivity index (χ0v) is 78.8. The van der Waals surface area contributed by atoms with Crippen LogP contribution in [0, 0.1) is 178 Å². The van der Waals surface area contributed by atoms with Gasteiger partial charge in [0.25, 0.3) is 0 Å². The number of rotatable bonds is 0. The molecule has 0 nitrogen and oxygen atoms in total. The zero-order valence-electron chi connectivity index (χ0n) is 78.8. The quantitative estimate of drug-likeness (QED) is 0.227. The summed E-state index contributed by atoms with van der Waals surface area (Å²) in [4.78, 5) is 0. The summed E-state index contributed by atoms with van der Waals surface area (Å²) in [5.41, 5.74) is 0. The first kappa shape index (κ1) is 90.4. The van der Waals surface area contributed by atoms with Gasteiger partial charge in [-0.25, -0.2) is 0 Å². The van der Waals surface area contributed by atoms with E-state index in [2.05, 4.69) is 0 Å². The SMILES string of the molecule is C1CC2C3CCC(C3)C2C1.C1CC2CC1C1CC21.C1CC2CC1C1CCC21.C1CC2CCC1CC2.C1CC2CCCC(C1)C2.C1CC2CCCC(C1)CC2.C1CC2CCCC(C1)CCC2.C1CCC2CCC(C1)C2.C1CCC2CCC(C1)CC2.C1CCC2CCCC(C1)C2.C1CCC2CCCC(C1)CC2.C1CCC2CCCC(C1)CCC2. The summed E-state index contributed by atoms with van der Waals surface area (Å²) in [6, 6.07) is 0. The second-order valence-electron chi connectivity index (χ2n) is 50.3. The fourth-order valence-corrected chi connectivity index (χ4v) is 35.4. The monoisotopic (exact) mass is 1610 g/mol. The summed E-state index contributed by atoms with van der Waals surface area (Å²) >= 11 is 0. The second-order valence-corrected chi connectivity index (χ2v) is 50.3. The van der Waals surface area contributed by atoms with Crippen LogP contribution in [-0.4, -0.2) is 0 Å². The van der Waals surface area contributed by atoms with Crippen LogP contribution in [0.3, 0.4) is 0 Å². The summed E-state index contributed by atoms with van der Waals surface area (Å²) in [6.45, 7) is 0. The lowest BCUT2D eigenvalue weighted by Gasteiger charge is -2.40. The summed E-state index contributed by atoms with van der Waals surface area (Å²) in [6.07, 6.45) is 135. The van der Waals surface area contributed by atoms with Crippen LogP contribution in [0.25, 0.3) is 0 Å². The zero-order chi connectivity index (χ0) is 78.8. The van der Waals surface area contributed by atoms with Crippen molar-refractivity contribution in [2.45, 2.75) is 559 Å². The molecular formula is C117H204. The molecule has 0 aromatic rings. The molecule has 31 aliphatic carbocycles. The van der Waals surface area contributed by atoms with Gasteiger partial charge in [-0.3, -0.25) is 0 Å². The molecule has 0 N–H and O–H groups in total. The molecule has 31 saturated carbocycles. The molecule has 0 spiro atoms. The van der Waals surface area contributed by atoms with E-state index in [1.807, 2.05) is 0 Å². The van der Waals surface area contributed by atoms with Crippen LogP contribution in [0.2, 0.25) is 0 Å². The van der Waals surface area contributed by atoms with Crippen molar-refractivity contribution in [1.82, 2.24) is 0 Å². The largest absolute Gasteiger partial charge is 0.0530 e. The van der Waals surface area contributed by atoms with Crippen molar-refractivity contribution < 1.29 is 0 Å². The van der Waals surface area contributed by atoms with E-state index in [4.69, 9.17) is 0 Å². The third-order valence-electron chi connectivity index (χ3n) is 42.8. The van der Waals surface area contributed by atoms with Crippen molar-refractivity contribution >= 4 is 0 Å². The highest BCUT2D eigenvalue weighted by Crippen LogP contribution is 2.66. The fourth-order valence-electron chi connectivity index (χ4n) is 35.4. The minimum absolute atomic E-state index is 1.11. The third kappa shape index (κ3) is 28.7. The van der Waals surface area contributed by atoms with Crippen LogP contribution >= 0.6 is 0 Å². The maximum absolute atomic E-state index is 1.62. The molecule has 18 unspecified atom stereocenters. The molecule has 24 bridgehead atoms. The Morgan fingerprint density at radius 1 is 0.0684 bits per heavy atom. The van der Waals surface area contributed by atoms with E-state index in [1.165, 1.54) is 206 Å². The third-order valence-corrected chi connectivity index (χ3v) is 42.8. The van der Waals surface area contributed by atoms with Crippen LogP contribution in [0.1, 0.15) is 559 Å². The first-order chi connectivity index (χ1) is 57.9. The highest BCUT2D eigenvalue weighted by molar-refractivity contribution is 5.07. The van der Waals surface area contributed by atoms with Crippen molar-refractivity contribution in [2.75, 3.05) is 0 Å². The minimum Gasteiger partial charge on any atom is -0.0530 e. The molecule has 31 fully saturated rings. The Hall–Kier alpha value is 0. The van der Waals surface area contributed by atoms with E-state index >= 15 is 0 Å². The second kappa shape index (κ2) is 49.0. The maximum Gasteiger partial charge on any atom is -0.0352 e. The Labute approximate surface area is 731 Å². The Kier molecular flexibility index (Phi) is 37.8. The van der Waals surface area contributed by atoms with Gasteiger partial charge in [0.15, 0.2) is 0 Å². The molecular weight excluding hydrogens is 1410 g/mol. The molecule has 0 aromatic carbocycles. The normalized spacial score (nSPS) is 45.5. The maximum atomic E-state index is 1.62. The predicted octanol–water partition coefficient (Wildman–Crippen LogP) is 37.6. The molecule has 0 radical (unpaired) electrons. The molecule has 0 amide bonds. The molecule has 117 heavy (non-hydrogen) atoms. The van der Waals surface area contributed by atoms with Crippen LogP contribution < -0.4 is 0 Å². The predicted molar refractivity (Wildman–Crippen MR) is 506 cm³/mol.